The Bertz CT molecular complexity index is 1240. The molecule has 5 aromatic rings. The quantitative estimate of drug-likeness (QED) is 0.412. The predicted octanol–water partition coefficient (Wildman–Crippen LogP) is 5.91. The minimum absolute atomic E-state index is 0.427. The summed E-state index contributed by atoms with van der Waals surface area (Å²) in [7, 11) is 0. The van der Waals surface area contributed by atoms with Gasteiger partial charge in [-0.25, -0.2) is 9.97 Å². The molecular weight excluding hydrogens is 376 g/mol. The van der Waals surface area contributed by atoms with Crippen molar-refractivity contribution in [2.24, 2.45) is 0 Å². The molecule has 3 aromatic carbocycles. The molecule has 0 aliphatic carbocycles. The molecule has 2 aromatic heterocycles. The van der Waals surface area contributed by atoms with Crippen LogP contribution < -0.4 is 5.73 Å². The first-order chi connectivity index (χ1) is 14.3. The van der Waals surface area contributed by atoms with E-state index in [1.807, 2.05) is 59.2 Å². The maximum absolute atomic E-state index is 6.42. The lowest BCUT2D eigenvalue weighted by atomic mass is 10.0. The number of aromatic nitrogens is 3. The number of hydrogen-bond acceptors (Lipinski definition) is 4. The molecule has 0 aliphatic heterocycles. The zero-order valence-corrected chi connectivity index (χ0v) is 16.4. The number of rotatable bonds is 4. The van der Waals surface area contributed by atoms with Crippen LogP contribution in [0.2, 0.25) is 0 Å². The summed E-state index contributed by atoms with van der Waals surface area (Å²) >= 11 is 1.56. The molecule has 5 heteroatoms. The van der Waals surface area contributed by atoms with Crippen LogP contribution in [0.15, 0.2) is 96.4 Å². The van der Waals surface area contributed by atoms with Gasteiger partial charge in [-0.3, -0.25) is 4.57 Å². The maximum Gasteiger partial charge on any atom is 0.207 e. The smallest absolute Gasteiger partial charge is 0.207 e. The highest BCUT2D eigenvalue weighted by atomic mass is 32.1. The Morgan fingerprint density at radius 1 is 0.655 bits per heavy atom. The average Bonchev–Trinajstić information content (AvgIpc) is 3.40. The van der Waals surface area contributed by atoms with E-state index in [1.54, 1.807) is 11.3 Å². The number of hydrogen-bond donors (Lipinski definition) is 1. The predicted molar refractivity (Wildman–Crippen MR) is 120 cm³/mol. The van der Waals surface area contributed by atoms with Crippen molar-refractivity contribution in [3.8, 4) is 38.9 Å². The minimum atomic E-state index is 0.427. The third-order valence-corrected chi connectivity index (χ3v) is 5.58. The Kier molecular flexibility index (Phi) is 4.42. The molecule has 0 amide bonds. The van der Waals surface area contributed by atoms with Crippen LogP contribution >= 0.6 is 11.3 Å². The molecule has 29 heavy (non-hydrogen) atoms. The number of nitrogens with zero attached hydrogens (tertiary/aromatic N) is 3. The minimum Gasteiger partial charge on any atom is -0.369 e. The van der Waals surface area contributed by atoms with Crippen LogP contribution in [-0.4, -0.2) is 14.5 Å². The fourth-order valence-electron chi connectivity index (χ4n) is 3.40. The Morgan fingerprint density at radius 3 is 1.83 bits per heavy atom. The van der Waals surface area contributed by atoms with Crippen molar-refractivity contribution in [1.29, 1.82) is 0 Å². The molecule has 0 radical (unpaired) electrons. The molecule has 0 atom stereocenters. The van der Waals surface area contributed by atoms with E-state index in [9.17, 15) is 0 Å². The molecule has 0 bridgehead atoms. The molecule has 0 unspecified atom stereocenters. The van der Waals surface area contributed by atoms with Crippen molar-refractivity contribution in [1.82, 2.24) is 14.5 Å². The van der Waals surface area contributed by atoms with Gasteiger partial charge in [0.1, 0.15) is 0 Å². The average molecular weight is 395 g/mol. The second-order valence-corrected chi connectivity index (χ2v) is 7.45. The summed E-state index contributed by atoms with van der Waals surface area (Å²) in [6, 6.07) is 30.5. The molecule has 0 saturated carbocycles. The van der Waals surface area contributed by atoms with Gasteiger partial charge in [0.05, 0.1) is 17.1 Å². The number of nitrogens with two attached hydrogens (primary N) is 1. The largest absolute Gasteiger partial charge is 0.369 e. The van der Waals surface area contributed by atoms with Gasteiger partial charge in [0.2, 0.25) is 5.95 Å². The second-order valence-electron chi connectivity index (χ2n) is 6.62. The Balaban J connectivity index is 1.72. The van der Waals surface area contributed by atoms with E-state index in [0.29, 0.717) is 5.95 Å². The molecule has 0 fully saturated rings. The van der Waals surface area contributed by atoms with E-state index in [0.717, 1.165) is 38.9 Å². The first-order valence-electron chi connectivity index (χ1n) is 9.31. The van der Waals surface area contributed by atoms with Crippen molar-refractivity contribution >= 4 is 17.3 Å². The maximum atomic E-state index is 6.42. The molecule has 0 saturated heterocycles. The highest BCUT2D eigenvalue weighted by Gasteiger charge is 2.21. The van der Waals surface area contributed by atoms with Crippen LogP contribution in [0.3, 0.4) is 0 Å². The van der Waals surface area contributed by atoms with Crippen LogP contribution in [0.25, 0.3) is 38.9 Å². The number of benzene rings is 3. The van der Waals surface area contributed by atoms with Gasteiger partial charge in [0, 0.05) is 22.1 Å². The van der Waals surface area contributed by atoms with Crippen LogP contribution in [0.4, 0.5) is 5.95 Å². The summed E-state index contributed by atoms with van der Waals surface area (Å²) in [4.78, 5) is 9.59. The highest BCUT2D eigenvalue weighted by Crippen LogP contribution is 2.37. The molecule has 2 N–H and O–H groups in total. The van der Waals surface area contributed by atoms with Gasteiger partial charge >= 0.3 is 0 Å². The van der Waals surface area contributed by atoms with Crippen LogP contribution in [0.1, 0.15) is 0 Å². The summed E-state index contributed by atoms with van der Waals surface area (Å²) < 4.78 is 1.95. The second kappa shape index (κ2) is 7.37. The van der Waals surface area contributed by atoms with Crippen LogP contribution in [0.5, 0.6) is 0 Å². The third kappa shape index (κ3) is 3.22. The first kappa shape index (κ1) is 17.4. The standard InChI is InChI=1S/C24H18N4S/c25-23-27-21(18-12-6-2-7-13-18)22(19-14-8-3-9-15-19)28(23)24-26-20(16-29-24)17-10-4-1-5-11-17/h1-16H,(H2,25,27). The van der Waals surface area contributed by atoms with E-state index in [-0.39, 0.29) is 0 Å². The van der Waals surface area contributed by atoms with Crippen molar-refractivity contribution < 1.29 is 0 Å². The van der Waals surface area contributed by atoms with Gasteiger partial charge in [-0.15, -0.1) is 11.3 Å². The van der Waals surface area contributed by atoms with Crippen molar-refractivity contribution in [2.45, 2.75) is 0 Å². The van der Waals surface area contributed by atoms with E-state index in [1.165, 1.54) is 0 Å². The summed E-state index contributed by atoms with van der Waals surface area (Å²) in [5, 5.41) is 2.86. The summed E-state index contributed by atoms with van der Waals surface area (Å²) in [6.45, 7) is 0. The van der Waals surface area contributed by atoms with Crippen LogP contribution in [-0.2, 0) is 0 Å². The Hall–Kier alpha value is -3.70. The zero-order valence-electron chi connectivity index (χ0n) is 15.6. The fourth-order valence-corrected chi connectivity index (χ4v) is 4.25. The number of imidazole rings is 1. The highest BCUT2D eigenvalue weighted by molar-refractivity contribution is 7.12. The summed E-state index contributed by atoms with van der Waals surface area (Å²) in [5.74, 6) is 0.427. The SMILES string of the molecule is Nc1nc(-c2ccccc2)c(-c2ccccc2)n1-c1nc(-c2ccccc2)cs1. The Labute approximate surface area is 172 Å². The molecule has 0 spiro atoms. The van der Waals surface area contributed by atoms with Gasteiger partial charge in [-0.1, -0.05) is 91.0 Å². The monoisotopic (exact) mass is 394 g/mol. The number of anilines is 1. The Morgan fingerprint density at radius 2 is 1.21 bits per heavy atom. The number of thiazole rings is 1. The van der Waals surface area contributed by atoms with E-state index >= 15 is 0 Å². The zero-order chi connectivity index (χ0) is 19.6. The molecule has 4 nitrogen and oxygen atoms in total. The lowest BCUT2D eigenvalue weighted by molar-refractivity contribution is 1.05. The van der Waals surface area contributed by atoms with Crippen molar-refractivity contribution in [3.05, 3.63) is 96.4 Å². The summed E-state index contributed by atoms with van der Waals surface area (Å²) in [6.07, 6.45) is 0. The molecule has 0 aliphatic rings. The van der Waals surface area contributed by atoms with E-state index < -0.39 is 0 Å². The fraction of sp³-hybridized carbons (Fsp3) is 0. The molecule has 5 rings (SSSR count). The van der Waals surface area contributed by atoms with E-state index in [4.69, 9.17) is 15.7 Å². The van der Waals surface area contributed by atoms with E-state index in [2.05, 4.69) is 41.8 Å². The topological polar surface area (TPSA) is 56.7 Å². The van der Waals surface area contributed by atoms with Gasteiger partial charge in [-0.05, 0) is 0 Å². The summed E-state index contributed by atoms with van der Waals surface area (Å²) in [5.41, 5.74) is 12.3. The molecule has 140 valence electrons. The normalized spacial score (nSPS) is 10.9. The lowest BCUT2D eigenvalue weighted by Gasteiger charge is -2.09. The van der Waals surface area contributed by atoms with Gasteiger partial charge in [-0.2, -0.15) is 0 Å². The van der Waals surface area contributed by atoms with Crippen molar-refractivity contribution in [2.75, 3.05) is 5.73 Å². The molecule has 2 heterocycles. The molecular formula is C24H18N4S. The van der Waals surface area contributed by atoms with Crippen LogP contribution in [0, 0.1) is 0 Å². The third-order valence-electron chi connectivity index (χ3n) is 4.75. The number of nitrogen functional groups attached to an aromatic ring is 1. The van der Waals surface area contributed by atoms with Gasteiger partial charge in [0.15, 0.2) is 5.13 Å². The van der Waals surface area contributed by atoms with Gasteiger partial charge in [0.25, 0.3) is 0 Å². The lowest BCUT2D eigenvalue weighted by Crippen LogP contribution is -2.02. The first-order valence-corrected chi connectivity index (χ1v) is 10.2. The van der Waals surface area contributed by atoms with Crippen molar-refractivity contribution in [3.63, 3.8) is 0 Å². The van der Waals surface area contributed by atoms with Gasteiger partial charge < -0.3 is 5.73 Å².